The standard InChI is InChI=1S/3HIO3.H3P/c3*2-1(3)4;/h3*2H;1H3. The van der Waals surface area contributed by atoms with Crippen molar-refractivity contribution < 1.29 is 94.1 Å². The quantitative estimate of drug-likeness (QED) is 0.190. The van der Waals surface area contributed by atoms with Crippen LogP contribution in [0.4, 0.5) is 0 Å². The Hall–Kier alpha value is 2.26. The third kappa shape index (κ3) is 420. The first-order valence-electron chi connectivity index (χ1n) is 1.43. The van der Waals surface area contributed by atoms with Gasteiger partial charge in [0.25, 0.3) is 0 Å². The van der Waals surface area contributed by atoms with Gasteiger partial charge in [-0.1, -0.05) is 0 Å². The average Bonchev–Trinajstić information content (AvgIpc) is 1.54. The highest BCUT2D eigenvalue weighted by Crippen LogP contribution is 0.861. The topological polar surface area (TPSA) is 199 Å². The second-order valence-electron chi connectivity index (χ2n) is 0.603. The molecule has 0 aromatic carbocycles. The normalized spacial score (nSPS) is 8.31. The average molecular weight is 562 g/mol. The molecule has 1 atom stereocenters. The number of halogens is 3. The molecule has 1 unspecified atom stereocenters. The predicted octanol–water partition coefficient (Wildman–Crippen LogP) is -17.7. The first-order chi connectivity index (χ1) is 5.20. The Balaban J connectivity index is -0.0000000450. The maximum Gasteiger partial charge on any atom is 0.503 e. The monoisotopic (exact) mass is 562 g/mol. The van der Waals surface area contributed by atoms with E-state index in [-0.39, 0.29) is 9.90 Å². The molecular weight excluding hydrogens is 556 g/mol. The van der Waals surface area contributed by atoms with Crippen LogP contribution in [0.3, 0.4) is 0 Å². The molecule has 13 heavy (non-hydrogen) atoms. The summed E-state index contributed by atoms with van der Waals surface area (Å²) in [5.74, 6) is 0. The summed E-state index contributed by atoms with van der Waals surface area (Å²) in [6.07, 6.45) is 0. The zero-order chi connectivity index (χ0) is 10.7. The van der Waals surface area contributed by atoms with Crippen LogP contribution in [0.2, 0.25) is 0 Å². The van der Waals surface area contributed by atoms with Crippen molar-refractivity contribution in [1.82, 2.24) is 0 Å². The molecule has 86 valence electrons. The first-order valence-corrected chi connectivity index (χ1v) is 9.61. The molecule has 0 heterocycles. The van der Waals surface area contributed by atoms with E-state index in [1.165, 1.54) is 0 Å². The van der Waals surface area contributed by atoms with E-state index >= 15 is 0 Å². The Morgan fingerprint density at radius 2 is 0.538 bits per heavy atom. The molecule has 0 bridgehead atoms. The van der Waals surface area contributed by atoms with Gasteiger partial charge >= 0.3 is 63.2 Å². The Bertz CT molecular complexity index is 43.4. The number of hydrogen-bond donors (Lipinski definition) is 3. The van der Waals surface area contributed by atoms with Gasteiger partial charge in [-0.05, 0) is 10.3 Å². The molecule has 0 saturated carbocycles. The largest absolute Gasteiger partial charge is 0.503 e. The summed E-state index contributed by atoms with van der Waals surface area (Å²) in [5, 5.41) is 0. The van der Waals surface area contributed by atoms with Crippen LogP contribution < -0.4 is 83.8 Å². The lowest BCUT2D eigenvalue weighted by Gasteiger charge is -1.67. The minimum Gasteiger partial charge on any atom is -0.396 e. The molecule has 0 amide bonds. The zero-order valence-electron chi connectivity index (χ0n) is 5.63. The Morgan fingerprint density at radius 1 is 0.538 bits per heavy atom. The molecule has 0 saturated heterocycles. The smallest absolute Gasteiger partial charge is 0.396 e. The van der Waals surface area contributed by atoms with Gasteiger partial charge in [0.05, 0.1) is 0 Å². The van der Waals surface area contributed by atoms with Crippen molar-refractivity contribution in [3.63, 3.8) is 0 Å². The molecule has 0 aliphatic heterocycles. The summed E-state index contributed by atoms with van der Waals surface area (Å²) in [6, 6.07) is 0. The van der Waals surface area contributed by atoms with Crippen molar-refractivity contribution in [2.24, 2.45) is 0 Å². The fourth-order valence-corrected chi connectivity index (χ4v) is 0. The van der Waals surface area contributed by atoms with Crippen molar-refractivity contribution in [2.45, 2.75) is 0 Å². The summed E-state index contributed by atoms with van der Waals surface area (Å²) >= 11 is -11.3. The van der Waals surface area contributed by atoms with Crippen LogP contribution in [0.15, 0.2) is 0 Å². The molecule has 0 radical (unpaired) electrons. The Morgan fingerprint density at radius 3 is 0.538 bits per heavy atom. The van der Waals surface area contributed by atoms with E-state index in [0.29, 0.717) is 0 Å². The van der Waals surface area contributed by atoms with Gasteiger partial charge in [0.2, 0.25) is 0 Å². The number of rotatable bonds is 0. The van der Waals surface area contributed by atoms with Crippen LogP contribution in [0.25, 0.3) is 0 Å². The van der Waals surface area contributed by atoms with E-state index in [0.717, 1.165) is 0 Å². The molecular formula is H6I3O9P. The van der Waals surface area contributed by atoms with Crippen LogP contribution in [-0.2, 0) is 0 Å². The predicted molar refractivity (Wildman–Crippen MR) is 17.8 cm³/mol. The van der Waals surface area contributed by atoms with E-state index < -0.39 is 63.2 Å². The van der Waals surface area contributed by atoms with Gasteiger partial charge in [0.1, 0.15) is 0 Å². The van der Waals surface area contributed by atoms with Gasteiger partial charge in [0.15, 0.2) is 0 Å². The van der Waals surface area contributed by atoms with Crippen LogP contribution >= 0.6 is 9.90 Å². The molecule has 3 N–H and O–H groups in total. The molecule has 13 heteroatoms. The van der Waals surface area contributed by atoms with E-state index in [4.69, 9.17) is 30.9 Å². The molecule has 0 rings (SSSR count). The van der Waals surface area contributed by atoms with Crippen LogP contribution in [0.5, 0.6) is 0 Å². The fraction of sp³-hybridized carbons (Fsp3) is 0. The fourth-order valence-electron chi connectivity index (χ4n) is 0. The summed E-state index contributed by atoms with van der Waals surface area (Å²) in [4.78, 5) is 0. The van der Waals surface area contributed by atoms with Gasteiger partial charge in [-0.2, -0.15) is 9.90 Å². The second kappa shape index (κ2) is 19.8. The lowest BCUT2D eigenvalue weighted by atomic mass is 16.0. The van der Waals surface area contributed by atoms with E-state index in [1.807, 2.05) is 0 Å². The van der Waals surface area contributed by atoms with Crippen LogP contribution in [-0.4, -0.2) is 10.3 Å². The Kier molecular flexibility index (Phi) is 37.2. The highest BCUT2D eigenvalue weighted by atomic mass is 127. The summed E-state index contributed by atoms with van der Waals surface area (Å²) in [7, 11) is 0. The maximum absolute atomic E-state index is 8.68. The lowest BCUT2D eigenvalue weighted by Crippen LogP contribution is -3.98. The van der Waals surface area contributed by atoms with E-state index in [2.05, 4.69) is 0 Å². The molecule has 0 aliphatic rings. The summed E-state index contributed by atoms with van der Waals surface area (Å²) < 4.78 is 73.4. The Labute approximate surface area is 103 Å². The third-order valence-electron chi connectivity index (χ3n) is 0. The summed E-state index contributed by atoms with van der Waals surface area (Å²) in [5.41, 5.74) is 0. The molecule has 0 fully saturated rings. The van der Waals surface area contributed by atoms with E-state index in [1.54, 1.807) is 0 Å². The highest BCUT2D eigenvalue weighted by molar-refractivity contribution is 6.92. The zero-order valence-corrected chi connectivity index (χ0v) is 13.5. The number of hydrogen-bond acceptors (Lipinski definition) is 9. The van der Waals surface area contributed by atoms with Crippen molar-refractivity contribution in [3.05, 3.63) is 0 Å². The molecule has 0 aromatic rings. The first kappa shape index (κ1) is 24.5. The third-order valence-corrected chi connectivity index (χ3v) is 0. The SMILES string of the molecule is P.[O-][I+2]([O-])O.[O-][I+2]([O-])O.[O-][I+2]([O-])O. The second-order valence-corrected chi connectivity index (χ2v) is 4.05. The van der Waals surface area contributed by atoms with Crippen LogP contribution in [0.1, 0.15) is 0 Å². The molecule has 0 aliphatic carbocycles. The van der Waals surface area contributed by atoms with E-state index in [9.17, 15) is 0 Å². The molecule has 9 nitrogen and oxygen atoms in total. The van der Waals surface area contributed by atoms with Gasteiger partial charge in [-0.25, -0.2) is 0 Å². The summed E-state index contributed by atoms with van der Waals surface area (Å²) in [6.45, 7) is 0. The van der Waals surface area contributed by atoms with Gasteiger partial charge in [0, 0.05) is 0 Å². The van der Waals surface area contributed by atoms with Gasteiger partial charge in [-0.15, -0.1) is 0 Å². The molecule has 0 aromatic heterocycles. The minimum atomic E-state index is -3.76. The van der Waals surface area contributed by atoms with Crippen molar-refractivity contribution in [3.8, 4) is 0 Å². The van der Waals surface area contributed by atoms with Crippen molar-refractivity contribution in [1.29, 1.82) is 0 Å². The van der Waals surface area contributed by atoms with Crippen molar-refractivity contribution in [2.75, 3.05) is 0 Å². The van der Waals surface area contributed by atoms with Gasteiger partial charge < -0.3 is 20.6 Å². The lowest BCUT2D eigenvalue weighted by molar-refractivity contribution is -1.63. The van der Waals surface area contributed by atoms with Crippen LogP contribution in [0, 0.1) is 0 Å². The maximum atomic E-state index is 8.68. The highest BCUT2D eigenvalue weighted by Gasteiger charge is 1.90. The van der Waals surface area contributed by atoms with Gasteiger partial charge in [-0.3, -0.25) is 0 Å². The van der Waals surface area contributed by atoms with Crippen molar-refractivity contribution >= 4 is 9.90 Å². The minimum absolute atomic E-state index is 0. The molecule has 0 spiro atoms.